The number of sulfonamides is 1. The number of nitrogen functional groups attached to an aromatic ring is 1. The number of fused-ring (bicyclic) bond motifs is 1. The maximum absolute atomic E-state index is 13.3. The van der Waals surface area contributed by atoms with E-state index >= 15 is 0 Å². The topological polar surface area (TPSA) is 191 Å². The van der Waals surface area contributed by atoms with Crippen LogP contribution in [-0.4, -0.2) is 97.5 Å². The quantitative estimate of drug-likeness (QED) is 0.310. The predicted octanol–water partition coefficient (Wildman–Crippen LogP) is -1.43. The smallest absolute Gasteiger partial charge is 0.254 e. The second-order valence-electron chi connectivity index (χ2n) is 9.22. The number of aromatic nitrogens is 5. The summed E-state index contributed by atoms with van der Waals surface area (Å²) >= 11 is 0. The number of aryl methyl sites for hydroxylation is 1. The summed E-state index contributed by atoms with van der Waals surface area (Å²) in [6.07, 6.45) is 1.48. The molecule has 194 valence electrons. The van der Waals surface area contributed by atoms with E-state index in [1.807, 2.05) is 0 Å². The first-order valence-corrected chi connectivity index (χ1v) is 13.3. The van der Waals surface area contributed by atoms with E-state index in [0.29, 0.717) is 41.7 Å². The van der Waals surface area contributed by atoms with E-state index in [0.717, 1.165) is 6.26 Å². The van der Waals surface area contributed by atoms with Crippen molar-refractivity contribution in [3.05, 3.63) is 24.8 Å². The minimum absolute atomic E-state index is 0.138. The van der Waals surface area contributed by atoms with Crippen molar-refractivity contribution in [2.75, 3.05) is 25.1 Å². The SMILES string of the molecule is Cn1ccc(-c2cn([C@@H]3O[C@H](C(=O)N4CCC[C@H](NS(C)(=O)=O)C4)[C@@H](O)[C@H]3O)c3ncnc(N)c23)n1. The maximum Gasteiger partial charge on any atom is 0.254 e. The van der Waals surface area contributed by atoms with Gasteiger partial charge in [-0.15, -0.1) is 0 Å². The zero-order valence-corrected chi connectivity index (χ0v) is 20.5. The molecule has 0 radical (unpaired) electrons. The normalized spacial score (nSPS) is 27.1. The highest BCUT2D eigenvalue weighted by Crippen LogP contribution is 2.38. The molecule has 2 aliphatic heterocycles. The van der Waals surface area contributed by atoms with Gasteiger partial charge < -0.3 is 30.2 Å². The number of hydrogen-bond donors (Lipinski definition) is 4. The van der Waals surface area contributed by atoms with Gasteiger partial charge in [0.2, 0.25) is 10.0 Å². The number of amides is 1. The summed E-state index contributed by atoms with van der Waals surface area (Å²) in [5, 5.41) is 26.6. The third-order valence-corrected chi connectivity index (χ3v) is 7.26. The number of aliphatic hydroxyl groups is 2. The second-order valence-corrected chi connectivity index (χ2v) is 11.0. The Morgan fingerprint density at radius 3 is 2.75 bits per heavy atom. The number of nitrogens with two attached hydrogens (primary N) is 1. The molecule has 0 spiro atoms. The van der Waals surface area contributed by atoms with Gasteiger partial charge in [0.25, 0.3) is 5.91 Å². The standard InChI is InChI=1S/C21H28N8O6S/c1-27-7-5-13(25-27)12-9-29(19-14(12)18(22)23-10-24-19)21-16(31)15(30)17(35-21)20(32)28-6-3-4-11(8-28)26-36(2,33)34/h5,7,9-11,15-17,21,26,30-31H,3-4,6,8H2,1-2H3,(H2,22,23,24)/t11-,15-,16+,17-,21+/m0/s1. The zero-order valence-electron chi connectivity index (χ0n) is 19.7. The van der Waals surface area contributed by atoms with E-state index in [9.17, 15) is 23.4 Å². The molecule has 1 amide bonds. The van der Waals surface area contributed by atoms with Crippen molar-refractivity contribution in [1.82, 2.24) is 33.9 Å². The highest BCUT2D eigenvalue weighted by Gasteiger charge is 2.49. The molecular weight excluding hydrogens is 492 g/mol. The van der Waals surface area contributed by atoms with Gasteiger partial charge in [-0.05, 0) is 18.9 Å². The fraction of sp³-hybridized carbons (Fsp3) is 0.524. The number of rotatable bonds is 5. The van der Waals surface area contributed by atoms with Gasteiger partial charge in [0, 0.05) is 44.1 Å². The molecule has 5 heterocycles. The molecular formula is C21H28N8O6S. The monoisotopic (exact) mass is 520 g/mol. The van der Waals surface area contributed by atoms with Crippen molar-refractivity contribution in [2.24, 2.45) is 7.05 Å². The molecule has 14 nitrogen and oxygen atoms in total. The summed E-state index contributed by atoms with van der Waals surface area (Å²) in [7, 11) is -1.67. The van der Waals surface area contributed by atoms with E-state index in [1.54, 1.807) is 30.2 Å². The van der Waals surface area contributed by atoms with Crippen LogP contribution in [0.15, 0.2) is 24.8 Å². The van der Waals surface area contributed by atoms with E-state index in [4.69, 9.17) is 10.5 Å². The minimum atomic E-state index is -3.44. The lowest BCUT2D eigenvalue weighted by molar-refractivity contribution is -0.149. The van der Waals surface area contributed by atoms with Crippen LogP contribution < -0.4 is 10.5 Å². The van der Waals surface area contributed by atoms with Crippen LogP contribution in [0.5, 0.6) is 0 Å². The van der Waals surface area contributed by atoms with Gasteiger partial charge in [-0.25, -0.2) is 23.1 Å². The molecule has 2 aliphatic rings. The summed E-state index contributed by atoms with van der Waals surface area (Å²) in [6, 6.07) is 1.35. The minimum Gasteiger partial charge on any atom is -0.387 e. The number of anilines is 1. The lowest BCUT2D eigenvalue weighted by Gasteiger charge is -2.34. The molecule has 3 aromatic heterocycles. The average Bonchev–Trinajstić information content (AvgIpc) is 3.49. The summed E-state index contributed by atoms with van der Waals surface area (Å²) in [5.74, 6) is -0.322. The Labute approximate surface area is 206 Å². The summed E-state index contributed by atoms with van der Waals surface area (Å²) in [6.45, 7) is 0.521. The zero-order chi connectivity index (χ0) is 25.8. The molecule has 36 heavy (non-hydrogen) atoms. The fourth-order valence-electron chi connectivity index (χ4n) is 4.90. The van der Waals surface area contributed by atoms with E-state index < -0.39 is 46.5 Å². The van der Waals surface area contributed by atoms with Crippen LogP contribution in [0, 0.1) is 0 Å². The Hall–Kier alpha value is -3.11. The van der Waals surface area contributed by atoms with Gasteiger partial charge >= 0.3 is 0 Å². The number of nitrogens with zero attached hydrogens (tertiary/aromatic N) is 6. The number of aliphatic hydroxyl groups excluding tert-OH is 2. The Kier molecular flexibility index (Phi) is 6.20. The molecule has 2 saturated heterocycles. The van der Waals surface area contributed by atoms with Crippen LogP contribution in [0.1, 0.15) is 19.1 Å². The summed E-state index contributed by atoms with van der Waals surface area (Å²) in [5.41, 5.74) is 7.70. The third kappa shape index (κ3) is 4.43. The van der Waals surface area contributed by atoms with Gasteiger partial charge in [0.05, 0.1) is 17.3 Å². The van der Waals surface area contributed by atoms with Gasteiger partial charge in [0.15, 0.2) is 12.3 Å². The van der Waals surface area contributed by atoms with Crippen LogP contribution >= 0.6 is 0 Å². The van der Waals surface area contributed by atoms with E-state index in [-0.39, 0.29) is 12.4 Å². The van der Waals surface area contributed by atoms with E-state index in [1.165, 1.54) is 15.8 Å². The van der Waals surface area contributed by atoms with Gasteiger partial charge in [-0.1, -0.05) is 0 Å². The molecule has 0 aromatic carbocycles. The molecule has 15 heteroatoms. The Bertz CT molecular complexity index is 1400. The highest BCUT2D eigenvalue weighted by atomic mass is 32.2. The number of likely N-dealkylation sites (tertiary alicyclic amines) is 1. The second kappa shape index (κ2) is 9.08. The Balaban J connectivity index is 1.44. The lowest BCUT2D eigenvalue weighted by atomic mass is 10.0. The first-order valence-electron chi connectivity index (χ1n) is 11.4. The number of piperidine rings is 1. The Morgan fingerprint density at radius 1 is 1.28 bits per heavy atom. The van der Waals surface area contributed by atoms with Crippen molar-refractivity contribution in [1.29, 1.82) is 0 Å². The van der Waals surface area contributed by atoms with E-state index in [2.05, 4.69) is 19.8 Å². The average molecular weight is 521 g/mol. The van der Waals surface area contributed by atoms with Crippen LogP contribution in [-0.2, 0) is 26.6 Å². The van der Waals surface area contributed by atoms with Crippen LogP contribution in [0.25, 0.3) is 22.3 Å². The first-order chi connectivity index (χ1) is 17.0. The van der Waals surface area contributed by atoms with Gasteiger partial charge in [0.1, 0.15) is 30.0 Å². The number of ether oxygens (including phenoxy) is 1. The van der Waals surface area contributed by atoms with Crippen LogP contribution in [0.2, 0.25) is 0 Å². The third-order valence-electron chi connectivity index (χ3n) is 6.50. The van der Waals surface area contributed by atoms with Crippen molar-refractivity contribution in [2.45, 2.75) is 43.4 Å². The fourth-order valence-corrected chi connectivity index (χ4v) is 5.70. The van der Waals surface area contributed by atoms with Crippen LogP contribution in [0.3, 0.4) is 0 Å². The van der Waals surface area contributed by atoms with Gasteiger partial charge in [-0.3, -0.25) is 9.48 Å². The van der Waals surface area contributed by atoms with Gasteiger partial charge in [-0.2, -0.15) is 5.10 Å². The molecule has 0 unspecified atom stereocenters. The van der Waals surface area contributed by atoms with Crippen LogP contribution in [0.4, 0.5) is 5.82 Å². The van der Waals surface area contributed by atoms with Crippen molar-refractivity contribution in [3.8, 4) is 11.3 Å². The number of hydrogen-bond acceptors (Lipinski definition) is 10. The molecule has 0 saturated carbocycles. The van der Waals surface area contributed by atoms with Crippen molar-refractivity contribution < 1.29 is 28.2 Å². The summed E-state index contributed by atoms with van der Waals surface area (Å²) < 4.78 is 34.8. The molecule has 0 aliphatic carbocycles. The number of carbonyl (C=O) groups is 1. The molecule has 5 N–H and O–H groups in total. The van der Waals surface area contributed by atoms with Crippen molar-refractivity contribution in [3.63, 3.8) is 0 Å². The van der Waals surface area contributed by atoms with Crippen molar-refractivity contribution >= 4 is 32.8 Å². The first kappa shape index (κ1) is 24.6. The predicted molar refractivity (Wildman–Crippen MR) is 128 cm³/mol. The highest BCUT2D eigenvalue weighted by molar-refractivity contribution is 7.88. The largest absolute Gasteiger partial charge is 0.387 e. The lowest BCUT2D eigenvalue weighted by Crippen LogP contribution is -2.53. The maximum atomic E-state index is 13.3. The summed E-state index contributed by atoms with van der Waals surface area (Å²) in [4.78, 5) is 23.1. The number of carbonyl (C=O) groups excluding carboxylic acids is 1. The molecule has 5 rings (SSSR count). The Morgan fingerprint density at radius 2 is 2.06 bits per heavy atom. The molecule has 0 bridgehead atoms. The molecule has 3 aromatic rings. The molecule has 2 fully saturated rings. The molecule has 5 atom stereocenters. The number of nitrogens with one attached hydrogen (secondary N) is 1.